The van der Waals surface area contributed by atoms with E-state index in [0.29, 0.717) is 19.0 Å². The first kappa shape index (κ1) is 16.6. The molecule has 2 aliphatic heterocycles. The van der Waals surface area contributed by atoms with Crippen LogP contribution in [0.5, 0.6) is 0 Å². The second-order valence-electron chi connectivity index (χ2n) is 5.88. The number of hydrogen-bond acceptors (Lipinski definition) is 5. The summed E-state index contributed by atoms with van der Waals surface area (Å²) in [7, 11) is 3.55. The smallest absolute Gasteiger partial charge is 0.236 e. The van der Waals surface area contributed by atoms with Gasteiger partial charge in [-0.3, -0.25) is 14.5 Å². The second-order valence-corrected chi connectivity index (χ2v) is 7.03. The fourth-order valence-electron chi connectivity index (χ4n) is 2.58. The fourth-order valence-corrected chi connectivity index (χ4v) is 3.53. The minimum absolute atomic E-state index is 0.123. The van der Waals surface area contributed by atoms with Gasteiger partial charge in [0.25, 0.3) is 0 Å². The van der Waals surface area contributed by atoms with E-state index in [-0.39, 0.29) is 11.8 Å². The van der Waals surface area contributed by atoms with Crippen molar-refractivity contribution in [3.63, 3.8) is 0 Å². The molecule has 0 radical (unpaired) electrons. The highest BCUT2D eigenvalue weighted by Crippen LogP contribution is 2.12. The van der Waals surface area contributed by atoms with E-state index >= 15 is 0 Å². The van der Waals surface area contributed by atoms with Crippen LogP contribution >= 0.6 is 11.8 Å². The Hall–Kier alpha value is -0.790. The zero-order valence-corrected chi connectivity index (χ0v) is 13.8. The zero-order chi connectivity index (χ0) is 15.2. The molecule has 6 nitrogen and oxygen atoms in total. The largest absolute Gasteiger partial charge is 0.348 e. The van der Waals surface area contributed by atoms with Gasteiger partial charge in [-0.15, -0.1) is 0 Å². The Morgan fingerprint density at radius 2 is 1.95 bits per heavy atom. The maximum Gasteiger partial charge on any atom is 0.236 e. The van der Waals surface area contributed by atoms with Crippen molar-refractivity contribution in [3.05, 3.63) is 0 Å². The molecular weight excluding hydrogens is 288 g/mol. The van der Waals surface area contributed by atoms with E-state index in [2.05, 4.69) is 10.2 Å². The second kappa shape index (κ2) is 8.00. The minimum atomic E-state index is 0.123. The molecule has 120 valence electrons. The van der Waals surface area contributed by atoms with Gasteiger partial charge in [0, 0.05) is 70.8 Å². The summed E-state index contributed by atoms with van der Waals surface area (Å²) in [5.41, 5.74) is 0. The lowest BCUT2D eigenvalue weighted by molar-refractivity contribution is -0.134. The predicted octanol–water partition coefficient (Wildman–Crippen LogP) is -0.686. The van der Waals surface area contributed by atoms with E-state index in [1.807, 2.05) is 16.7 Å². The summed E-state index contributed by atoms with van der Waals surface area (Å²) < 4.78 is 0. The van der Waals surface area contributed by atoms with E-state index in [1.165, 1.54) is 0 Å². The van der Waals surface area contributed by atoms with Crippen molar-refractivity contribution in [2.45, 2.75) is 12.5 Å². The molecular formula is C14H26N4O2S. The number of amides is 2. The highest BCUT2D eigenvalue weighted by atomic mass is 32.2. The normalized spacial score (nSPS) is 23.9. The third kappa shape index (κ3) is 5.16. The average molecular weight is 314 g/mol. The van der Waals surface area contributed by atoms with Crippen LogP contribution < -0.4 is 5.32 Å². The Balaban J connectivity index is 1.70. The summed E-state index contributed by atoms with van der Waals surface area (Å²) >= 11 is 1.92. The van der Waals surface area contributed by atoms with Crippen LogP contribution in [0.1, 0.15) is 6.42 Å². The van der Waals surface area contributed by atoms with Crippen molar-refractivity contribution < 1.29 is 9.59 Å². The van der Waals surface area contributed by atoms with Gasteiger partial charge >= 0.3 is 0 Å². The summed E-state index contributed by atoms with van der Waals surface area (Å²) in [5.74, 6) is 2.54. The zero-order valence-electron chi connectivity index (χ0n) is 13.0. The van der Waals surface area contributed by atoms with Gasteiger partial charge in [0.2, 0.25) is 11.8 Å². The lowest BCUT2D eigenvalue weighted by atomic mass is 10.2. The number of likely N-dealkylation sites (N-methyl/N-ethyl adjacent to an activating group) is 1. The third-order valence-corrected chi connectivity index (χ3v) is 5.13. The molecule has 21 heavy (non-hydrogen) atoms. The van der Waals surface area contributed by atoms with Crippen molar-refractivity contribution in [1.29, 1.82) is 0 Å². The molecule has 2 heterocycles. The SMILES string of the molecule is CN(C)C(=O)CN1CCN(C(=O)CC2CSCCN2)CC1. The van der Waals surface area contributed by atoms with E-state index in [1.54, 1.807) is 19.0 Å². The highest BCUT2D eigenvalue weighted by Gasteiger charge is 2.25. The number of carbonyl (C=O) groups excluding carboxylic acids is 2. The lowest BCUT2D eigenvalue weighted by Gasteiger charge is -2.35. The monoisotopic (exact) mass is 314 g/mol. The fraction of sp³-hybridized carbons (Fsp3) is 0.857. The van der Waals surface area contributed by atoms with E-state index < -0.39 is 0 Å². The van der Waals surface area contributed by atoms with Crippen LogP contribution in [0.3, 0.4) is 0 Å². The van der Waals surface area contributed by atoms with Crippen LogP contribution in [-0.2, 0) is 9.59 Å². The molecule has 0 spiro atoms. The number of hydrogen-bond donors (Lipinski definition) is 1. The molecule has 7 heteroatoms. The van der Waals surface area contributed by atoms with Gasteiger partial charge in [-0.25, -0.2) is 0 Å². The summed E-state index contributed by atoms with van der Waals surface area (Å²) in [4.78, 5) is 29.7. The molecule has 2 saturated heterocycles. The quantitative estimate of drug-likeness (QED) is 0.745. The Kier molecular flexibility index (Phi) is 6.32. The Labute approximate surface area is 131 Å². The molecule has 1 N–H and O–H groups in total. The molecule has 0 bridgehead atoms. The summed E-state index contributed by atoms with van der Waals surface area (Å²) in [6.45, 7) is 4.51. The van der Waals surface area contributed by atoms with E-state index in [0.717, 1.165) is 44.2 Å². The summed E-state index contributed by atoms with van der Waals surface area (Å²) in [5, 5.41) is 3.41. The molecule has 1 atom stereocenters. The first-order valence-electron chi connectivity index (χ1n) is 7.57. The van der Waals surface area contributed by atoms with Crippen molar-refractivity contribution in [2.75, 3.05) is 64.9 Å². The molecule has 2 aliphatic rings. The van der Waals surface area contributed by atoms with Crippen molar-refractivity contribution in [2.24, 2.45) is 0 Å². The minimum Gasteiger partial charge on any atom is -0.348 e. The van der Waals surface area contributed by atoms with Gasteiger partial charge in [0.15, 0.2) is 0 Å². The molecule has 0 aliphatic carbocycles. The molecule has 0 aromatic rings. The lowest BCUT2D eigenvalue weighted by Crippen LogP contribution is -2.52. The Morgan fingerprint density at radius 1 is 1.24 bits per heavy atom. The van der Waals surface area contributed by atoms with Crippen molar-refractivity contribution in [3.8, 4) is 0 Å². The van der Waals surface area contributed by atoms with Crippen LogP contribution in [0.4, 0.5) is 0 Å². The number of thioether (sulfide) groups is 1. The van der Waals surface area contributed by atoms with E-state index in [4.69, 9.17) is 0 Å². The van der Waals surface area contributed by atoms with Crippen LogP contribution in [0.2, 0.25) is 0 Å². The molecule has 2 rings (SSSR count). The van der Waals surface area contributed by atoms with Crippen LogP contribution in [0, 0.1) is 0 Å². The first-order valence-corrected chi connectivity index (χ1v) is 8.73. The third-order valence-electron chi connectivity index (χ3n) is 4.00. The number of nitrogens with one attached hydrogen (secondary N) is 1. The molecule has 0 saturated carbocycles. The van der Waals surface area contributed by atoms with Crippen LogP contribution in [-0.4, -0.2) is 97.4 Å². The molecule has 2 fully saturated rings. The Bertz CT molecular complexity index is 364. The number of rotatable bonds is 4. The molecule has 2 amide bonds. The van der Waals surface area contributed by atoms with Crippen LogP contribution in [0.25, 0.3) is 0 Å². The van der Waals surface area contributed by atoms with Crippen molar-refractivity contribution in [1.82, 2.24) is 20.0 Å². The van der Waals surface area contributed by atoms with Gasteiger partial charge in [-0.2, -0.15) is 11.8 Å². The maximum atomic E-state index is 12.3. The van der Waals surface area contributed by atoms with Gasteiger partial charge in [0.05, 0.1) is 6.54 Å². The van der Waals surface area contributed by atoms with Crippen LogP contribution in [0.15, 0.2) is 0 Å². The topological polar surface area (TPSA) is 55.9 Å². The van der Waals surface area contributed by atoms with Gasteiger partial charge < -0.3 is 15.1 Å². The predicted molar refractivity (Wildman–Crippen MR) is 85.4 cm³/mol. The summed E-state index contributed by atoms with van der Waals surface area (Å²) in [6, 6.07) is 0.324. The average Bonchev–Trinajstić information content (AvgIpc) is 2.48. The molecule has 1 unspecified atom stereocenters. The van der Waals surface area contributed by atoms with Gasteiger partial charge in [-0.05, 0) is 0 Å². The number of nitrogens with zero attached hydrogens (tertiary/aromatic N) is 3. The highest BCUT2D eigenvalue weighted by molar-refractivity contribution is 7.99. The van der Waals surface area contributed by atoms with Gasteiger partial charge in [-0.1, -0.05) is 0 Å². The standard InChI is InChI=1S/C14H26N4O2S/c1-16(2)14(20)10-17-4-6-18(7-5-17)13(19)9-12-11-21-8-3-15-12/h12,15H,3-11H2,1-2H3. The number of carbonyl (C=O) groups is 2. The number of piperazine rings is 1. The summed E-state index contributed by atoms with van der Waals surface area (Å²) in [6.07, 6.45) is 0.601. The Morgan fingerprint density at radius 3 is 2.52 bits per heavy atom. The maximum absolute atomic E-state index is 12.3. The van der Waals surface area contributed by atoms with E-state index in [9.17, 15) is 9.59 Å². The first-order chi connectivity index (χ1) is 10.1. The van der Waals surface area contributed by atoms with Crippen molar-refractivity contribution >= 4 is 23.6 Å². The van der Waals surface area contributed by atoms with Gasteiger partial charge in [0.1, 0.15) is 0 Å². The molecule has 0 aromatic heterocycles. The molecule has 0 aromatic carbocycles.